The lowest BCUT2D eigenvalue weighted by Crippen LogP contribution is -2.31. The number of benzene rings is 2. The highest BCUT2D eigenvalue weighted by atomic mass is 16.5. The van der Waals surface area contributed by atoms with Crippen molar-refractivity contribution in [3.63, 3.8) is 0 Å². The molecule has 1 aliphatic heterocycles. The van der Waals surface area contributed by atoms with Crippen LogP contribution in [0.2, 0.25) is 0 Å². The Balaban J connectivity index is 1.69. The summed E-state index contributed by atoms with van der Waals surface area (Å²) in [7, 11) is 3.15. The number of amides is 3. The number of rotatable bonds is 8. The quantitative estimate of drug-likeness (QED) is 0.559. The number of carbonyl (C=O) groups excluding carboxylic acids is 3. The van der Waals surface area contributed by atoms with Crippen molar-refractivity contribution in [3.8, 4) is 5.75 Å². The van der Waals surface area contributed by atoms with Crippen LogP contribution in [-0.4, -0.2) is 50.0 Å². The monoisotopic (exact) mass is 382 g/mol. The van der Waals surface area contributed by atoms with Crippen LogP contribution >= 0.6 is 0 Å². The SMILES string of the molecule is COCCCN1C(=O)c2ccc(C(=O)NCc3cccc(OC)c3)cc2C1=O. The lowest BCUT2D eigenvalue weighted by molar-refractivity contribution is 0.0638. The number of imide groups is 1. The highest BCUT2D eigenvalue weighted by Gasteiger charge is 2.35. The third-order valence-corrected chi connectivity index (χ3v) is 4.55. The molecule has 0 bridgehead atoms. The Morgan fingerprint density at radius 1 is 1.04 bits per heavy atom. The molecule has 0 unspecified atom stereocenters. The van der Waals surface area contributed by atoms with Crippen molar-refractivity contribution in [1.82, 2.24) is 10.2 Å². The van der Waals surface area contributed by atoms with E-state index < -0.39 is 0 Å². The normalized spacial score (nSPS) is 12.9. The van der Waals surface area contributed by atoms with E-state index >= 15 is 0 Å². The Hall–Kier alpha value is -3.19. The van der Waals surface area contributed by atoms with E-state index in [2.05, 4.69) is 5.32 Å². The largest absolute Gasteiger partial charge is 0.497 e. The predicted molar refractivity (Wildman–Crippen MR) is 102 cm³/mol. The first-order chi connectivity index (χ1) is 13.5. The van der Waals surface area contributed by atoms with Crippen LogP contribution in [0.5, 0.6) is 5.75 Å². The van der Waals surface area contributed by atoms with Crippen molar-refractivity contribution >= 4 is 17.7 Å². The molecular formula is C21H22N2O5. The zero-order chi connectivity index (χ0) is 20.1. The van der Waals surface area contributed by atoms with Gasteiger partial charge in [-0.25, -0.2) is 0 Å². The molecule has 2 aromatic rings. The Morgan fingerprint density at radius 3 is 2.57 bits per heavy atom. The number of nitrogens with one attached hydrogen (secondary N) is 1. The minimum Gasteiger partial charge on any atom is -0.497 e. The molecule has 7 nitrogen and oxygen atoms in total. The molecule has 0 saturated heterocycles. The summed E-state index contributed by atoms with van der Waals surface area (Å²) in [5.74, 6) is -0.316. The zero-order valence-electron chi connectivity index (χ0n) is 15.9. The van der Waals surface area contributed by atoms with Gasteiger partial charge in [-0.2, -0.15) is 0 Å². The molecule has 3 rings (SSSR count). The van der Waals surface area contributed by atoms with E-state index in [1.54, 1.807) is 20.3 Å². The number of carbonyl (C=O) groups is 3. The molecule has 0 atom stereocenters. The molecular weight excluding hydrogens is 360 g/mol. The van der Waals surface area contributed by atoms with Gasteiger partial charge in [0, 0.05) is 32.4 Å². The van der Waals surface area contributed by atoms with Gasteiger partial charge in [0.25, 0.3) is 17.7 Å². The highest BCUT2D eigenvalue weighted by molar-refractivity contribution is 6.22. The summed E-state index contributed by atoms with van der Waals surface area (Å²) in [6, 6.07) is 12.0. The molecule has 0 spiro atoms. The summed E-state index contributed by atoms with van der Waals surface area (Å²) in [6.45, 7) is 1.08. The Kier molecular flexibility index (Phi) is 6.06. The summed E-state index contributed by atoms with van der Waals surface area (Å²) in [5.41, 5.74) is 1.81. The molecule has 146 valence electrons. The molecule has 1 aliphatic rings. The van der Waals surface area contributed by atoms with Crippen molar-refractivity contribution < 1.29 is 23.9 Å². The van der Waals surface area contributed by atoms with Crippen molar-refractivity contribution in [1.29, 1.82) is 0 Å². The zero-order valence-corrected chi connectivity index (χ0v) is 15.9. The third kappa shape index (κ3) is 4.04. The van der Waals surface area contributed by atoms with Crippen LogP contribution in [0.4, 0.5) is 0 Å². The molecule has 0 aliphatic carbocycles. The van der Waals surface area contributed by atoms with Crippen LogP contribution in [0.15, 0.2) is 42.5 Å². The maximum Gasteiger partial charge on any atom is 0.261 e. The number of nitrogens with zero attached hydrogens (tertiary/aromatic N) is 1. The van der Waals surface area contributed by atoms with Gasteiger partial charge in [-0.15, -0.1) is 0 Å². The van der Waals surface area contributed by atoms with Gasteiger partial charge in [-0.3, -0.25) is 19.3 Å². The second kappa shape index (κ2) is 8.67. The van der Waals surface area contributed by atoms with Gasteiger partial charge in [0.1, 0.15) is 5.75 Å². The van der Waals surface area contributed by atoms with E-state index in [1.807, 2.05) is 24.3 Å². The second-order valence-corrected chi connectivity index (χ2v) is 6.40. The van der Waals surface area contributed by atoms with Gasteiger partial charge < -0.3 is 14.8 Å². The fraction of sp³-hybridized carbons (Fsp3) is 0.286. The lowest BCUT2D eigenvalue weighted by atomic mass is 10.1. The second-order valence-electron chi connectivity index (χ2n) is 6.40. The first kappa shape index (κ1) is 19.6. The molecule has 3 amide bonds. The molecule has 2 aromatic carbocycles. The van der Waals surface area contributed by atoms with Crippen LogP contribution < -0.4 is 10.1 Å². The number of hydrogen-bond donors (Lipinski definition) is 1. The van der Waals surface area contributed by atoms with E-state index in [1.165, 1.54) is 17.0 Å². The average Bonchev–Trinajstić information content (AvgIpc) is 2.96. The van der Waals surface area contributed by atoms with E-state index in [0.717, 1.165) is 5.56 Å². The maximum atomic E-state index is 12.5. The molecule has 0 aromatic heterocycles. The summed E-state index contributed by atoms with van der Waals surface area (Å²) in [6.07, 6.45) is 0.565. The van der Waals surface area contributed by atoms with Crippen LogP contribution in [0.25, 0.3) is 0 Å². The molecule has 0 radical (unpaired) electrons. The van der Waals surface area contributed by atoms with Crippen LogP contribution in [0.3, 0.4) is 0 Å². The molecule has 0 fully saturated rings. The van der Waals surface area contributed by atoms with Crippen molar-refractivity contribution in [2.24, 2.45) is 0 Å². The predicted octanol–water partition coefficient (Wildman–Crippen LogP) is 2.26. The summed E-state index contributed by atoms with van der Waals surface area (Å²) in [4.78, 5) is 38.6. The van der Waals surface area contributed by atoms with Crippen molar-refractivity contribution in [2.45, 2.75) is 13.0 Å². The molecule has 7 heteroatoms. The van der Waals surface area contributed by atoms with E-state index in [9.17, 15) is 14.4 Å². The summed E-state index contributed by atoms with van der Waals surface area (Å²) in [5, 5.41) is 2.82. The number of hydrogen-bond acceptors (Lipinski definition) is 5. The minimum atomic E-state index is -0.376. The minimum absolute atomic E-state index is 0.261. The van der Waals surface area contributed by atoms with Gasteiger partial charge >= 0.3 is 0 Å². The number of ether oxygens (including phenoxy) is 2. The Bertz CT molecular complexity index is 909. The maximum absolute atomic E-state index is 12.5. The topological polar surface area (TPSA) is 84.9 Å². The van der Waals surface area contributed by atoms with Crippen LogP contribution in [-0.2, 0) is 11.3 Å². The smallest absolute Gasteiger partial charge is 0.261 e. The van der Waals surface area contributed by atoms with Gasteiger partial charge in [0.15, 0.2) is 0 Å². The first-order valence-electron chi connectivity index (χ1n) is 8.95. The fourth-order valence-corrected chi connectivity index (χ4v) is 3.07. The van der Waals surface area contributed by atoms with Crippen LogP contribution in [0, 0.1) is 0 Å². The lowest BCUT2D eigenvalue weighted by Gasteiger charge is -2.12. The standard InChI is InChI=1S/C21H22N2O5/c1-27-10-4-9-23-20(25)17-8-7-15(12-18(17)21(23)26)19(24)22-13-14-5-3-6-16(11-14)28-2/h3,5-8,11-12H,4,9-10,13H2,1-2H3,(H,22,24). The van der Waals surface area contributed by atoms with E-state index in [0.29, 0.717) is 36.4 Å². The fourth-order valence-electron chi connectivity index (χ4n) is 3.07. The Morgan fingerprint density at radius 2 is 1.82 bits per heavy atom. The van der Waals surface area contributed by atoms with Gasteiger partial charge in [0.2, 0.25) is 0 Å². The third-order valence-electron chi connectivity index (χ3n) is 4.55. The van der Waals surface area contributed by atoms with Crippen LogP contribution in [0.1, 0.15) is 43.1 Å². The average molecular weight is 382 g/mol. The van der Waals surface area contributed by atoms with Gasteiger partial charge in [0.05, 0.1) is 18.2 Å². The Labute approximate surface area is 163 Å². The summed E-state index contributed by atoms with van der Waals surface area (Å²) >= 11 is 0. The van der Waals surface area contributed by atoms with Gasteiger partial charge in [-0.05, 0) is 42.3 Å². The molecule has 1 heterocycles. The number of methoxy groups -OCH3 is 2. The molecule has 1 N–H and O–H groups in total. The first-order valence-corrected chi connectivity index (χ1v) is 8.95. The highest BCUT2D eigenvalue weighted by Crippen LogP contribution is 2.24. The molecule has 0 saturated carbocycles. The summed E-state index contributed by atoms with van der Waals surface area (Å²) < 4.78 is 10.1. The number of fused-ring (bicyclic) bond motifs is 1. The van der Waals surface area contributed by atoms with Crippen molar-refractivity contribution in [3.05, 3.63) is 64.7 Å². The van der Waals surface area contributed by atoms with Gasteiger partial charge in [-0.1, -0.05) is 12.1 Å². The van der Waals surface area contributed by atoms with Crippen molar-refractivity contribution in [2.75, 3.05) is 27.4 Å². The van der Waals surface area contributed by atoms with E-state index in [-0.39, 0.29) is 29.8 Å². The molecule has 28 heavy (non-hydrogen) atoms. The van der Waals surface area contributed by atoms with E-state index in [4.69, 9.17) is 9.47 Å².